The second-order valence-electron chi connectivity index (χ2n) is 17.6. The highest BCUT2D eigenvalue weighted by Crippen LogP contribution is 2.44. The molecule has 1 fully saturated rings. The number of piperazine rings is 1. The molecule has 0 aliphatic carbocycles. The van der Waals surface area contributed by atoms with Crippen LogP contribution in [0.3, 0.4) is 0 Å². The molecule has 3 aromatic carbocycles. The van der Waals surface area contributed by atoms with E-state index < -0.39 is 14.4 Å². The summed E-state index contributed by atoms with van der Waals surface area (Å²) < 4.78 is 23.2. The van der Waals surface area contributed by atoms with E-state index in [0.29, 0.717) is 45.9 Å². The Bertz CT molecular complexity index is 2120. The highest BCUT2D eigenvalue weighted by molar-refractivity contribution is 9.10. The van der Waals surface area contributed by atoms with Crippen molar-refractivity contribution in [1.29, 1.82) is 0 Å². The number of carboxylic acid groups (broad SMARTS) is 1. The summed E-state index contributed by atoms with van der Waals surface area (Å²) in [6.45, 7) is 21.6. The minimum atomic E-state index is -2.81. The molecule has 58 heavy (non-hydrogen) atoms. The zero-order chi connectivity index (χ0) is 41.8. The molecule has 0 radical (unpaired) electrons. The monoisotopic (exact) mass is 868 g/mol. The molecule has 1 aliphatic rings. The number of rotatable bonds is 15. The zero-order valence-corrected chi connectivity index (χ0v) is 38.3. The number of carbonyl (C=O) groups is 1. The molecule has 11 heteroatoms. The first-order valence-electron chi connectivity index (χ1n) is 20.5. The van der Waals surface area contributed by atoms with E-state index in [-0.39, 0.29) is 22.7 Å². The van der Waals surface area contributed by atoms with Gasteiger partial charge >= 0.3 is 6.09 Å². The van der Waals surface area contributed by atoms with E-state index in [9.17, 15) is 9.90 Å². The zero-order valence-electron chi connectivity index (χ0n) is 35.7. The van der Waals surface area contributed by atoms with Crippen LogP contribution < -0.4 is 15.3 Å². The number of fused-ring (bicyclic) bond motifs is 1. The average Bonchev–Trinajstić information content (AvgIpc) is 3.48. The van der Waals surface area contributed by atoms with Gasteiger partial charge in [-0.15, -0.1) is 0 Å². The number of halogens is 1. The Hall–Kier alpha value is -4.00. The fourth-order valence-corrected chi connectivity index (χ4v) is 13.6. The van der Waals surface area contributed by atoms with Crippen molar-refractivity contribution in [3.8, 4) is 11.3 Å². The van der Waals surface area contributed by atoms with Crippen molar-refractivity contribution < 1.29 is 23.8 Å². The number of methoxy groups -OCH3 is 1. The van der Waals surface area contributed by atoms with Crippen LogP contribution in [0.1, 0.15) is 72.8 Å². The minimum absolute atomic E-state index is 0.0926. The van der Waals surface area contributed by atoms with Crippen molar-refractivity contribution in [3.05, 3.63) is 107 Å². The predicted molar refractivity (Wildman–Crippen MR) is 242 cm³/mol. The molecule has 9 nitrogen and oxygen atoms in total. The Kier molecular flexibility index (Phi) is 13.6. The van der Waals surface area contributed by atoms with Crippen molar-refractivity contribution in [3.63, 3.8) is 0 Å². The lowest BCUT2D eigenvalue weighted by Gasteiger charge is -2.44. The normalized spacial score (nSPS) is 14.7. The summed E-state index contributed by atoms with van der Waals surface area (Å²) in [7, 11) is -1.08. The third-order valence-electron chi connectivity index (χ3n) is 11.5. The first kappa shape index (κ1) is 43.6. The molecule has 2 aromatic heterocycles. The summed E-state index contributed by atoms with van der Waals surface area (Å²) in [5, 5.41) is 13.2. The maximum absolute atomic E-state index is 11.8. The third-order valence-corrected chi connectivity index (χ3v) is 16.9. The van der Waals surface area contributed by atoms with Crippen molar-refractivity contribution in [2.45, 2.75) is 85.6 Å². The molecular weight excluding hydrogens is 809 g/mol. The van der Waals surface area contributed by atoms with Gasteiger partial charge in [-0.3, -0.25) is 4.98 Å². The molecule has 5 aromatic rings. The molecule has 1 saturated heterocycles. The van der Waals surface area contributed by atoms with Crippen LogP contribution in [-0.4, -0.2) is 86.6 Å². The smallest absolute Gasteiger partial charge is 0.407 e. The van der Waals surface area contributed by atoms with Gasteiger partial charge < -0.3 is 33.4 Å². The van der Waals surface area contributed by atoms with E-state index in [2.05, 4.69) is 159 Å². The average molecular weight is 870 g/mol. The summed E-state index contributed by atoms with van der Waals surface area (Å²) in [6, 6.07) is 30.5. The maximum atomic E-state index is 11.8. The fraction of sp³-hybridized carbons (Fsp3) is 0.447. The molecule has 310 valence electrons. The number of ether oxygens (including phenoxy) is 2. The molecule has 1 N–H and O–H groups in total. The van der Waals surface area contributed by atoms with Gasteiger partial charge in [0, 0.05) is 67.4 Å². The number of pyridine rings is 1. The molecule has 0 spiro atoms. The van der Waals surface area contributed by atoms with E-state index in [4.69, 9.17) is 18.9 Å². The Labute approximate surface area is 354 Å². The second kappa shape index (κ2) is 18.1. The van der Waals surface area contributed by atoms with Gasteiger partial charge in [0.15, 0.2) is 0 Å². The number of benzene rings is 3. The van der Waals surface area contributed by atoms with Gasteiger partial charge in [0.05, 0.1) is 42.1 Å². The van der Waals surface area contributed by atoms with Gasteiger partial charge in [-0.1, -0.05) is 111 Å². The molecule has 0 unspecified atom stereocenters. The summed E-state index contributed by atoms with van der Waals surface area (Å²) in [6.07, 6.45) is 1.58. The van der Waals surface area contributed by atoms with Gasteiger partial charge in [-0.25, -0.2) is 4.79 Å². The number of amides is 1. The molecule has 3 heterocycles. The standard InChI is InChI=1S/C47H61BrN4O5Si/c1-33(2)56-27-26-52-42-21-20-35(48)28-39(42)41(44(52)40-29-36(31-49-43(40)34(3)55-9)50-22-24-51(25-23-50)45(53)54)30-47(7,8)32-57-58(46(4,5)6,37-16-12-10-13-17-37)38-18-14-11-15-19-38/h10-21,28-29,31,33-34H,22-27,30,32H2,1-9H3,(H,53,54)/t34-/m0/s1. The molecule has 1 aliphatic heterocycles. The molecular formula is C47H61BrN4O5Si. The van der Waals surface area contributed by atoms with E-state index in [1.165, 1.54) is 26.2 Å². The van der Waals surface area contributed by atoms with E-state index in [1.807, 2.05) is 13.1 Å². The van der Waals surface area contributed by atoms with Crippen LogP contribution in [0.15, 0.2) is 95.6 Å². The Morgan fingerprint density at radius 1 is 0.897 bits per heavy atom. The number of hydrogen-bond acceptors (Lipinski definition) is 6. The Morgan fingerprint density at radius 2 is 1.52 bits per heavy atom. The van der Waals surface area contributed by atoms with Crippen LogP contribution in [0.5, 0.6) is 0 Å². The molecule has 0 saturated carbocycles. The number of hydrogen-bond donors (Lipinski definition) is 1. The molecule has 1 atom stereocenters. The number of nitrogens with zero attached hydrogens (tertiary/aromatic N) is 4. The summed E-state index contributed by atoms with van der Waals surface area (Å²) in [4.78, 5) is 20.6. The first-order chi connectivity index (χ1) is 27.6. The minimum Gasteiger partial charge on any atom is -0.465 e. The van der Waals surface area contributed by atoms with Gasteiger partial charge in [0.1, 0.15) is 0 Å². The van der Waals surface area contributed by atoms with Crippen molar-refractivity contribution in [1.82, 2.24) is 14.5 Å². The van der Waals surface area contributed by atoms with Gasteiger partial charge in [-0.05, 0) is 77.8 Å². The maximum Gasteiger partial charge on any atom is 0.407 e. The van der Waals surface area contributed by atoms with Gasteiger partial charge in [0.2, 0.25) is 0 Å². The largest absolute Gasteiger partial charge is 0.465 e. The van der Waals surface area contributed by atoms with E-state index >= 15 is 0 Å². The van der Waals surface area contributed by atoms with Crippen LogP contribution >= 0.6 is 15.9 Å². The summed E-state index contributed by atoms with van der Waals surface area (Å²) in [5.74, 6) is 0. The highest BCUT2D eigenvalue weighted by atomic mass is 79.9. The third kappa shape index (κ3) is 9.24. The topological polar surface area (TPSA) is 89.3 Å². The van der Waals surface area contributed by atoms with Gasteiger partial charge in [-0.2, -0.15) is 0 Å². The molecule has 6 rings (SSSR count). The van der Waals surface area contributed by atoms with Crippen molar-refractivity contribution in [2.24, 2.45) is 5.41 Å². The van der Waals surface area contributed by atoms with E-state index in [1.54, 1.807) is 7.11 Å². The van der Waals surface area contributed by atoms with Crippen LogP contribution in [0.25, 0.3) is 22.2 Å². The first-order valence-corrected chi connectivity index (χ1v) is 23.2. The molecule has 1 amide bonds. The summed E-state index contributed by atoms with van der Waals surface area (Å²) >= 11 is 3.83. The quantitative estimate of drug-likeness (QED) is 0.105. The fourth-order valence-electron chi connectivity index (χ4n) is 8.51. The Morgan fingerprint density at radius 3 is 2.07 bits per heavy atom. The van der Waals surface area contributed by atoms with Gasteiger partial charge in [0.25, 0.3) is 8.32 Å². The summed E-state index contributed by atoms with van der Waals surface area (Å²) in [5.41, 5.74) is 5.95. The van der Waals surface area contributed by atoms with Crippen LogP contribution in [0.4, 0.5) is 10.5 Å². The van der Waals surface area contributed by atoms with Crippen LogP contribution in [0.2, 0.25) is 5.04 Å². The lowest BCUT2D eigenvalue weighted by molar-refractivity contribution is 0.0735. The second-order valence-corrected chi connectivity index (χ2v) is 22.8. The SMILES string of the molecule is CO[C@@H](C)c1ncc(N2CCN(C(=O)O)CC2)cc1-c1c(CC(C)(C)CO[Si](c2ccccc2)(c2ccccc2)C(C)(C)C)c2cc(Br)ccc2n1CCOC(C)C. The van der Waals surface area contributed by atoms with E-state index in [0.717, 1.165) is 39.0 Å². The predicted octanol–water partition coefficient (Wildman–Crippen LogP) is 9.54. The number of anilines is 1. The van der Waals surface area contributed by atoms with Crippen molar-refractivity contribution in [2.75, 3.05) is 51.4 Å². The van der Waals surface area contributed by atoms with Crippen LogP contribution in [-0.2, 0) is 26.9 Å². The van der Waals surface area contributed by atoms with Crippen LogP contribution in [0, 0.1) is 5.41 Å². The lowest BCUT2D eigenvalue weighted by Crippen LogP contribution is -2.67. The number of aromatic nitrogens is 2. The highest BCUT2D eigenvalue weighted by Gasteiger charge is 2.51. The lowest BCUT2D eigenvalue weighted by atomic mass is 9.84. The Balaban J connectivity index is 1.51. The van der Waals surface area contributed by atoms with Crippen molar-refractivity contribution >= 4 is 57.3 Å². The molecule has 0 bridgehead atoms.